The second kappa shape index (κ2) is 3.33. The summed E-state index contributed by atoms with van der Waals surface area (Å²) in [5, 5.41) is 4.33. The van der Waals surface area contributed by atoms with Gasteiger partial charge in [-0.3, -0.25) is 9.48 Å². The maximum absolute atomic E-state index is 11.6. The van der Waals surface area contributed by atoms with Crippen LogP contribution in [0.5, 0.6) is 0 Å². The first-order valence-electron chi connectivity index (χ1n) is 5.20. The van der Waals surface area contributed by atoms with Gasteiger partial charge in [-0.2, -0.15) is 5.10 Å². The number of allylic oxidation sites excluding steroid dienone is 2. The van der Waals surface area contributed by atoms with Crippen LogP contribution in [0.1, 0.15) is 32.4 Å². The van der Waals surface area contributed by atoms with Gasteiger partial charge in [0.2, 0.25) is 0 Å². The standard InChI is InChI=1S/C12H16N2O/c1-12(2)7-9(6-10(15)8-12)11-4-5-14(3)13-11/h4-6H,7-8H2,1-3H3. The summed E-state index contributed by atoms with van der Waals surface area (Å²) in [5.74, 6) is 0.215. The van der Waals surface area contributed by atoms with Crippen molar-refractivity contribution in [3.05, 3.63) is 24.0 Å². The molecule has 0 bridgehead atoms. The summed E-state index contributed by atoms with van der Waals surface area (Å²) in [4.78, 5) is 11.6. The Hall–Kier alpha value is -1.38. The van der Waals surface area contributed by atoms with Gasteiger partial charge in [-0.15, -0.1) is 0 Å². The molecule has 0 spiro atoms. The Morgan fingerprint density at radius 2 is 2.13 bits per heavy atom. The third-order valence-corrected chi connectivity index (χ3v) is 2.70. The van der Waals surface area contributed by atoms with Crippen molar-refractivity contribution >= 4 is 11.4 Å². The highest BCUT2D eigenvalue weighted by atomic mass is 16.1. The molecule has 15 heavy (non-hydrogen) atoms. The van der Waals surface area contributed by atoms with E-state index in [0.717, 1.165) is 17.7 Å². The third-order valence-electron chi connectivity index (χ3n) is 2.70. The number of hydrogen-bond donors (Lipinski definition) is 0. The molecule has 0 fully saturated rings. The van der Waals surface area contributed by atoms with Crippen molar-refractivity contribution in [1.29, 1.82) is 0 Å². The number of carbonyl (C=O) groups is 1. The lowest BCUT2D eigenvalue weighted by Crippen LogP contribution is -2.21. The van der Waals surface area contributed by atoms with Crippen molar-refractivity contribution in [2.24, 2.45) is 12.5 Å². The maximum Gasteiger partial charge on any atom is 0.156 e. The van der Waals surface area contributed by atoms with Crippen molar-refractivity contribution < 1.29 is 4.79 Å². The molecule has 0 saturated carbocycles. The summed E-state index contributed by atoms with van der Waals surface area (Å²) in [6, 6.07) is 1.96. The SMILES string of the molecule is Cn1ccc(C2=CC(=O)CC(C)(C)C2)n1. The molecule has 1 aliphatic rings. The third kappa shape index (κ3) is 2.17. The first-order chi connectivity index (χ1) is 6.96. The number of hydrogen-bond acceptors (Lipinski definition) is 2. The van der Waals surface area contributed by atoms with Crippen LogP contribution in [0, 0.1) is 5.41 Å². The van der Waals surface area contributed by atoms with Gasteiger partial charge in [-0.05, 0) is 29.6 Å². The first-order valence-corrected chi connectivity index (χ1v) is 5.20. The zero-order chi connectivity index (χ0) is 11.1. The van der Waals surface area contributed by atoms with Crippen LogP contribution >= 0.6 is 0 Å². The van der Waals surface area contributed by atoms with E-state index in [2.05, 4.69) is 18.9 Å². The molecule has 3 heteroatoms. The van der Waals surface area contributed by atoms with E-state index in [0.29, 0.717) is 6.42 Å². The normalized spacial score (nSPS) is 20.2. The zero-order valence-corrected chi connectivity index (χ0v) is 9.45. The van der Waals surface area contributed by atoms with Gasteiger partial charge in [0.15, 0.2) is 5.78 Å². The predicted molar refractivity (Wildman–Crippen MR) is 59.2 cm³/mol. The van der Waals surface area contributed by atoms with Gasteiger partial charge in [0.1, 0.15) is 0 Å². The lowest BCUT2D eigenvalue weighted by molar-refractivity contribution is -0.116. The van der Waals surface area contributed by atoms with E-state index in [-0.39, 0.29) is 11.2 Å². The van der Waals surface area contributed by atoms with Crippen molar-refractivity contribution in [3.63, 3.8) is 0 Å². The summed E-state index contributed by atoms with van der Waals surface area (Å²) >= 11 is 0. The highest BCUT2D eigenvalue weighted by molar-refractivity contribution is 5.98. The Balaban J connectivity index is 2.34. The molecule has 0 amide bonds. The quantitative estimate of drug-likeness (QED) is 0.702. The summed E-state index contributed by atoms with van der Waals surface area (Å²) in [6.45, 7) is 4.25. The van der Waals surface area contributed by atoms with Gasteiger partial charge in [0.05, 0.1) is 5.69 Å². The van der Waals surface area contributed by atoms with Crippen molar-refractivity contribution in [1.82, 2.24) is 9.78 Å². The molecule has 0 unspecified atom stereocenters. The Morgan fingerprint density at radius 1 is 1.40 bits per heavy atom. The minimum absolute atomic E-state index is 0.0681. The van der Waals surface area contributed by atoms with Crippen LogP contribution in [-0.2, 0) is 11.8 Å². The minimum Gasteiger partial charge on any atom is -0.295 e. The summed E-state index contributed by atoms with van der Waals surface area (Å²) in [6.07, 6.45) is 5.22. The van der Waals surface area contributed by atoms with Crippen LogP contribution in [0.15, 0.2) is 18.3 Å². The van der Waals surface area contributed by atoms with Crippen LogP contribution in [0.3, 0.4) is 0 Å². The molecule has 0 aromatic carbocycles. The van der Waals surface area contributed by atoms with Gasteiger partial charge in [-0.25, -0.2) is 0 Å². The first kappa shape index (κ1) is 10.1. The lowest BCUT2D eigenvalue weighted by Gasteiger charge is -2.28. The monoisotopic (exact) mass is 204 g/mol. The Labute approximate surface area is 89.8 Å². The van der Waals surface area contributed by atoms with Crippen LogP contribution in [-0.4, -0.2) is 15.6 Å². The smallest absolute Gasteiger partial charge is 0.156 e. The van der Waals surface area contributed by atoms with Crippen molar-refractivity contribution in [2.45, 2.75) is 26.7 Å². The molecule has 1 aromatic heterocycles. The van der Waals surface area contributed by atoms with Crippen LogP contribution < -0.4 is 0 Å². The van der Waals surface area contributed by atoms with E-state index in [1.54, 1.807) is 10.8 Å². The predicted octanol–water partition coefficient (Wildman–Crippen LogP) is 2.19. The molecule has 80 valence electrons. The second-order valence-corrected chi connectivity index (χ2v) is 5.03. The van der Waals surface area contributed by atoms with E-state index >= 15 is 0 Å². The van der Waals surface area contributed by atoms with E-state index in [1.165, 1.54) is 0 Å². The Kier molecular flexibility index (Phi) is 2.25. The average molecular weight is 204 g/mol. The maximum atomic E-state index is 11.6. The van der Waals surface area contributed by atoms with Crippen LogP contribution in [0.2, 0.25) is 0 Å². The molecular weight excluding hydrogens is 188 g/mol. The molecule has 0 saturated heterocycles. The molecule has 0 atom stereocenters. The lowest BCUT2D eigenvalue weighted by atomic mass is 9.76. The highest BCUT2D eigenvalue weighted by Crippen LogP contribution is 2.37. The fourth-order valence-corrected chi connectivity index (χ4v) is 2.10. The van der Waals surface area contributed by atoms with Crippen molar-refractivity contribution in [2.75, 3.05) is 0 Å². The molecule has 1 aliphatic carbocycles. The molecule has 0 N–H and O–H groups in total. The molecule has 2 rings (SSSR count). The largest absolute Gasteiger partial charge is 0.295 e. The molecule has 0 radical (unpaired) electrons. The van der Waals surface area contributed by atoms with Gasteiger partial charge >= 0.3 is 0 Å². The molecule has 1 heterocycles. The molecule has 3 nitrogen and oxygen atoms in total. The minimum atomic E-state index is 0.0681. The van der Waals surface area contributed by atoms with Crippen LogP contribution in [0.25, 0.3) is 5.57 Å². The summed E-state index contributed by atoms with van der Waals surface area (Å²) in [7, 11) is 1.89. The number of ketones is 1. The number of rotatable bonds is 1. The second-order valence-electron chi connectivity index (χ2n) is 5.03. The zero-order valence-electron chi connectivity index (χ0n) is 9.45. The van der Waals surface area contributed by atoms with Crippen LogP contribution in [0.4, 0.5) is 0 Å². The van der Waals surface area contributed by atoms with Crippen molar-refractivity contribution in [3.8, 4) is 0 Å². The summed E-state index contributed by atoms with van der Waals surface area (Å²) < 4.78 is 1.77. The Morgan fingerprint density at radius 3 is 2.67 bits per heavy atom. The van der Waals surface area contributed by atoms with Gasteiger partial charge < -0.3 is 0 Å². The fourth-order valence-electron chi connectivity index (χ4n) is 2.10. The average Bonchev–Trinajstić information content (AvgIpc) is 2.48. The topological polar surface area (TPSA) is 34.9 Å². The molecular formula is C12H16N2O. The van der Waals surface area contributed by atoms with E-state index in [1.807, 2.05) is 19.3 Å². The van der Waals surface area contributed by atoms with Gasteiger partial charge in [0, 0.05) is 19.7 Å². The summed E-state index contributed by atoms with van der Waals surface area (Å²) in [5.41, 5.74) is 2.06. The van der Waals surface area contributed by atoms with E-state index < -0.39 is 0 Å². The number of nitrogens with zero attached hydrogens (tertiary/aromatic N) is 2. The fraction of sp³-hybridized carbons (Fsp3) is 0.500. The van der Waals surface area contributed by atoms with E-state index in [9.17, 15) is 4.79 Å². The van der Waals surface area contributed by atoms with Gasteiger partial charge in [-0.1, -0.05) is 13.8 Å². The van der Waals surface area contributed by atoms with E-state index in [4.69, 9.17) is 0 Å². The molecule has 0 aliphatic heterocycles. The Bertz CT molecular complexity index is 427. The highest BCUT2D eigenvalue weighted by Gasteiger charge is 2.28. The number of carbonyl (C=O) groups excluding carboxylic acids is 1. The van der Waals surface area contributed by atoms with Gasteiger partial charge in [0.25, 0.3) is 0 Å². The number of aryl methyl sites for hydroxylation is 1. The molecule has 1 aromatic rings. The number of aromatic nitrogens is 2.